The van der Waals surface area contributed by atoms with E-state index >= 15 is 0 Å². The van der Waals surface area contributed by atoms with Crippen LogP contribution in [0, 0.1) is 11.6 Å². The third-order valence-corrected chi connectivity index (χ3v) is 5.36. The minimum absolute atomic E-state index is 0.0145. The van der Waals surface area contributed by atoms with E-state index in [9.17, 15) is 13.6 Å². The molecule has 2 aromatic carbocycles. The van der Waals surface area contributed by atoms with E-state index in [2.05, 4.69) is 17.1 Å². The summed E-state index contributed by atoms with van der Waals surface area (Å²) >= 11 is 0. The number of ether oxygens (including phenoxy) is 1. The molecule has 1 saturated heterocycles. The lowest BCUT2D eigenvalue weighted by Crippen LogP contribution is -2.48. The maximum absolute atomic E-state index is 14.0. The summed E-state index contributed by atoms with van der Waals surface area (Å²) in [6, 6.07) is 10.1. The van der Waals surface area contributed by atoms with Crippen LogP contribution in [0.5, 0.6) is 5.75 Å². The van der Waals surface area contributed by atoms with Crippen LogP contribution in [0.25, 0.3) is 0 Å². The van der Waals surface area contributed by atoms with Crippen LogP contribution in [0.3, 0.4) is 0 Å². The van der Waals surface area contributed by atoms with Crippen LogP contribution < -0.4 is 10.1 Å². The highest BCUT2D eigenvalue weighted by Crippen LogP contribution is 2.23. The molecule has 0 saturated carbocycles. The van der Waals surface area contributed by atoms with Gasteiger partial charge in [0.25, 0.3) is 0 Å². The molecule has 5 nitrogen and oxygen atoms in total. The van der Waals surface area contributed by atoms with Crippen LogP contribution >= 0.6 is 0 Å². The van der Waals surface area contributed by atoms with Gasteiger partial charge in [-0.1, -0.05) is 19.1 Å². The molecule has 1 N–H and O–H groups in total. The van der Waals surface area contributed by atoms with Crippen LogP contribution in [0.4, 0.5) is 19.3 Å². The topological polar surface area (TPSA) is 44.8 Å². The fourth-order valence-corrected chi connectivity index (χ4v) is 3.66. The number of amides is 2. The third-order valence-electron chi connectivity index (χ3n) is 5.36. The lowest BCUT2D eigenvalue weighted by molar-refractivity contribution is 0.126. The Morgan fingerprint density at radius 2 is 1.97 bits per heavy atom. The minimum Gasteiger partial charge on any atom is -0.497 e. The van der Waals surface area contributed by atoms with E-state index in [4.69, 9.17) is 4.74 Å². The summed E-state index contributed by atoms with van der Waals surface area (Å²) in [5.41, 5.74) is 0.758. The van der Waals surface area contributed by atoms with Crippen molar-refractivity contribution in [1.82, 2.24) is 9.80 Å². The first-order chi connectivity index (χ1) is 14.0. The van der Waals surface area contributed by atoms with Crippen LogP contribution in [0.1, 0.15) is 25.3 Å². The Balaban J connectivity index is 1.81. The summed E-state index contributed by atoms with van der Waals surface area (Å²) in [4.78, 5) is 17.1. The molecule has 156 valence electrons. The molecule has 1 heterocycles. The van der Waals surface area contributed by atoms with Gasteiger partial charge in [-0.25, -0.2) is 13.6 Å². The van der Waals surface area contributed by atoms with Crippen molar-refractivity contribution >= 4 is 11.7 Å². The minimum atomic E-state index is -0.665. The van der Waals surface area contributed by atoms with E-state index in [1.165, 1.54) is 0 Å². The van der Waals surface area contributed by atoms with Crippen molar-refractivity contribution < 1.29 is 18.3 Å². The molecule has 1 aliphatic rings. The second-order valence-electron chi connectivity index (χ2n) is 7.20. The SMILES string of the molecule is CCN1CCC(N(Cc2cccc(OC)c2)C(=O)Nc2cc(F)ccc2F)CC1. The fourth-order valence-electron chi connectivity index (χ4n) is 3.66. The molecule has 0 aliphatic carbocycles. The molecular formula is C22H27F2N3O2. The average molecular weight is 403 g/mol. The van der Waals surface area contributed by atoms with E-state index < -0.39 is 17.7 Å². The number of nitrogens with one attached hydrogen (secondary N) is 1. The predicted octanol–water partition coefficient (Wildman–Crippen LogP) is 4.49. The second-order valence-corrected chi connectivity index (χ2v) is 7.20. The molecule has 2 amide bonds. The van der Waals surface area contributed by atoms with Crippen molar-refractivity contribution in [3.8, 4) is 5.75 Å². The molecule has 1 aliphatic heterocycles. The quantitative estimate of drug-likeness (QED) is 0.773. The van der Waals surface area contributed by atoms with Crippen LogP contribution in [-0.2, 0) is 6.54 Å². The highest BCUT2D eigenvalue weighted by atomic mass is 19.1. The van der Waals surface area contributed by atoms with Gasteiger partial charge in [-0.3, -0.25) is 0 Å². The molecule has 0 spiro atoms. The Morgan fingerprint density at radius 3 is 2.66 bits per heavy atom. The zero-order valence-electron chi connectivity index (χ0n) is 16.8. The normalized spacial score (nSPS) is 15.2. The lowest BCUT2D eigenvalue weighted by atomic mass is 10.0. The van der Waals surface area contributed by atoms with Crippen molar-refractivity contribution in [2.24, 2.45) is 0 Å². The first kappa shape index (κ1) is 21.0. The van der Waals surface area contributed by atoms with Gasteiger partial charge in [0.1, 0.15) is 17.4 Å². The Labute approximate surface area is 170 Å². The monoisotopic (exact) mass is 403 g/mol. The van der Waals surface area contributed by atoms with E-state index in [1.807, 2.05) is 24.3 Å². The van der Waals surface area contributed by atoms with Gasteiger partial charge in [0.05, 0.1) is 12.8 Å². The van der Waals surface area contributed by atoms with Gasteiger partial charge in [0.15, 0.2) is 0 Å². The number of benzene rings is 2. The summed E-state index contributed by atoms with van der Waals surface area (Å²) in [6.45, 7) is 5.25. The predicted molar refractivity (Wildman–Crippen MR) is 109 cm³/mol. The molecule has 1 fully saturated rings. The van der Waals surface area contributed by atoms with Gasteiger partial charge < -0.3 is 19.9 Å². The van der Waals surface area contributed by atoms with Crippen LogP contribution in [-0.4, -0.2) is 48.6 Å². The molecule has 3 rings (SSSR count). The molecule has 2 aromatic rings. The molecule has 0 bridgehead atoms. The van der Waals surface area contributed by atoms with Crippen LogP contribution in [0.2, 0.25) is 0 Å². The first-order valence-corrected chi connectivity index (χ1v) is 9.88. The molecular weight excluding hydrogens is 376 g/mol. The maximum Gasteiger partial charge on any atom is 0.322 e. The van der Waals surface area contributed by atoms with Crippen LogP contribution in [0.15, 0.2) is 42.5 Å². The third kappa shape index (κ3) is 5.44. The van der Waals surface area contributed by atoms with Gasteiger partial charge in [0.2, 0.25) is 0 Å². The van der Waals surface area contributed by atoms with E-state index in [-0.39, 0.29) is 11.7 Å². The van der Waals surface area contributed by atoms with Crippen molar-refractivity contribution in [2.75, 3.05) is 32.1 Å². The number of rotatable bonds is 6. The average Bonchev–Trinajstić information content (AvgIpc) is 2.75. The first-order valence-electron chi connectivity index (χ1n) is 9.88. The largest absolute Gasteiger partial charge is 0.497 e. The van der Waals surface area contributed by atoms with E-state index in [0.717, 1.165) is 56.2 Å². The zero-order chi connectivity index (χ0) is 20.8. The number of hydrogen-bond donors (Lipinski definition) is 1. The fraction of sp³-hybridized carbons (Fsp3) is 0.409. The Kier molecular flexibility index (Phi) is 7.04. The lowest BCUT2D eigenvalue weighted by Gasteiger charge is -2.38. The molecule has 29 heavy (non-hydrogen) atoms. The summed E-state index contributed by atoms with van der Waals surface area (Å²) in [6.07, 6.45) is 1.66. The molecule has 0 aromatic heterocycles. The van der Waals surface area contributed by atoms with Gasteiger partial charge in [-0.05, 0) is 49.2 Å². The molecule has 0 atom stereocenters. The number of carbonyl (C=O) groups is 1. The van der Waals surface area contributed by atoms with Gasteiger partial charge in [-0.15, -0.1) is 0 Å². The highest BCUT2D eigenvalue weighted by molar-refractivity contribution is 5.89. The Morgan fingerprint density at radius 1 is 1.21 bits per heavy atom. The number of urea groups is 1. The van der Waals surface area contributed by atoms with Gasteiger partial charge in [0, 0.05) is 31.7 Å². The summed E-state index contributed by atoms with van der Waals surface area (Å²) in [5.74, 6) is -0.556. The number of piperidine rings is 1. The molecule has 7 heteroatoms. The smallest absolute Gasteiger partial charge is 0.322 e. The zero-order valence-corrected chi connectivity index (χ0v) is 16.8. The standard InChI is InChI=1S/C22H27F2N3O2/c1-3-26-11-9-18(10-12-26)27(15-16-5-4-6-19(13-16)29-2)22(28)25-21-14-17(23)7-8-20(21)24/h4-8,13-14,18H,3,9-12,15H2,1-2H3,(H,25,28). The number of methoxy groups -OCH3 is 1. The maximum atomic E-state index is 14.0. The second kappa shape index (κ2) is 9.69. The number of likely N-dealkylation sites (tertiary alicyclic amines) is 1. The van der Waals surface area contributed by atoms with Crippen molar-refractivity contribution in [3.63, 3.8) is 0 Å². The van der Waals surface area contributed by atoms with Crippen molar-refractivity contribution in [1.29, 1.82) is 0 Å². The number of carbonyl (C=O) groups excluding carboxylic acids is 1. The molecule has 0 radical (unpaired) electrons. The van der Waals surface area contributed by atoms with E-state index in [0.29, 0.717) is 12.3 Å². The van der Waals surface area contributed by atoms with Gasteiger partial charge >= 0.3 is 6.03 Å². The van der Waals surface area contributed by atoms with Crippen molar-refractivity contribution in [3.05, 3.63) is 59.7 Å². The summed E-state index contributed by atoms with van der Waals surface area (Å²) < 4.78 is 32.8. The number of anilines is 1. The van der Waals surface area contributed by atoms with E-state index in [1.54, 1.807) is 12.0 Å². The Bertz CT molecular complexity index is 839. The number of hydrogen-bond acceptors (Lipinski definition) is 3. The summed E-state index contributed by atoms with van der Waals surface area (Å²) in [7, 11) is 1.59. The van der Waals surface area contributed by atoms with Crippen molar-refractivity contribution in [2.45, 2.75) is 32.4 Å². The van der Waals surface area contributed by atoms with Gasteiger partial charge in [-0.2, -0.15) is 0 Å². The number of halogens is 2. The Hall–Kier alpha value is -2.67. The molecule has 0 unspecified atom stereocenters. The summed E-state index contributed by atoms with van der Waals surface area (Å²) in [5, 5.41) is 2.55. The number of nitrogens with zero attached hydrogens (tertiary/aromatic N) is 2. The highest BCUT2D eigenvalue weighted by Gasteiger charge is 2.28.